The third-order valence-electron chi connectivity index (χ3n) is 7.36. The van der Waals surface area contributed by atoms with E-state index in [4.69, 9.17) is 4.74 Å². The first-order valence-electron chi connectivity index (χ1n) is 13.3. The second kappa shape index (κ2) is 12.4. The van der Waals surface area contributed by atoms with Gasteiger partial charge in [0, 0.05) is 43.0 Å². The summed E-state index contributed by atoms with van der Waals surface area (Å²) in [5, 5.41) is 5.93. The predicted octanol–water partition coefficient (Wildman–Crippen LogP) is 4.32. The van der Waals surface area contributed by atoms with E-state index in [-0.39, 0.29) is 29.3 Å². The number of likely N-dealkylation sites (tertiary alicyclic amines) is 1. The number of anilines is 1. The van der Waals surface area contributed by atoms with Gasteiger partial charge in [-0.1, -0.05) is 36.4 Å². The van der Waals surface area contributed by atoms with E-state index in [0.717, 1.165) is 23.4 Å². The van der Waals surface area contributed by atoms with Crippen molar-refractivity contribution >= 4 is 29.4 Å². The molecule has 3 unspecified atom stereocenters. The Balaban J connectivity index is 1.19. The molecule has 39 heavy (non-hydrogen) atoms. The number of carbonyl (C=O) groups excluding carboxylic acids is 2. The molecule has 0 saturated carbocycles. The summed E-state index contributed by atoms with van der Waals surface area (Å²) >= 11 is 1.64. The number of fused-ring (bicyclic) bond motifs is 4. The van der Waals surface area contributed by atoms with Crippen LogP contribution in [-0.2, 0) is 17.9 Å². The van der Waals surface area contributed by atoms with Crippen LogP contribution in [0.2, 0.25) is 0 Å². The van der Waals surface area contributed by atoms with E-state index >= 15 is 0 Å². The highest BCUT2D eigenvalue weighted by Crippen LogP contribution is 2.35. The summed E-state index contributed by atoms with van der Waals surface area (Å²) in [4.78, 5) is 40.6. The number of hydrogen-bond acceptors (Lipinski definition) is 5. The molecule has 0 radical (unpaired) electrons. The summed E-state index contributed by atoms with van der Waals surface area (Å²) in [6.45, 7) is 2.20. The lowest BCUT2D eigenvalue weighted by Crippen LogP contribution is -2.55. The van der Waals surface area contributed by atoms with E-state index in [0.29, 0.717) is 44.1 Å². The Labute approximate surface area is 232 Å². The fourth-order valence-electron chi connectivity index (χ4n) is 5.41. The fraction of sp³-hybridized carbons (Fsp3) is 0.367. The number of ether oxygens (including phenoxy) is 1. The zero-order valence-electron chi connectivity index (χ0n) is 22.0. The van der Waals surface area contributed by atoms with Crippen molar-refractivity contribution in [3.8, 4) is 5.75 Å². The minimum absolute atomic E-state index is 0.0182. The summed E-state index contributed by atoms with van der Waals surface area (Å²) in [5.74, 6) is 1.56. The Morgan fingerprint density at radius 1 is 1.00 bits per heavy atom. The number of aromatic nitrogens is 1. The first-order valence-corrected chi connectivity index (χ1v) is 14.7. The molecule has 3 amide bonds. The first-order chi connectivity index (χ1) is 19.0. The summed E-state index contributed by atoms with van der Waals surface area (Å²) in [6, 6.07) is 21.7. The molecule has 1 saturated heterocycles. The smallest absolute Gasteiger partial charge is 0.318 e. The van der Waals surface area contributed by atoms with Crippen LogP contribution in [0.5, 0.6) is 5.75 Å². The molecule has 2 aromatic carbocycles. The molecule has 0 aliphatic carbocycles. The Hall–Kier alpha value is -3.72. The summed E-state index contributed by atoms with van der Waals surface area (Å²) in [6.07, 6.45) is 3.47. The molecule has 0 spiro atoms. The number of amides is 3. The van der Waals surface area contributed by atoms with Gasteiger partial charge in [-0.25, -0.2) is 4.79 Å². The number of hydrogen-bond donors (Lipinski definition) is 2. The van der Waals surface area contributed by atoms with E-state index in [1.165, 1.54) is 0 Å². The first kappa shape index (κ1) is 26.9. The number of rotatable bonds is 9. The van der Waals surface area contributed by atoms with Gasteiger partial charge in [-0.3, -0.25) is 9.59 Å². The van der Waals surface area contributed by atoms with Crippen LogP contribution in [0.3, 0.4) is 0 Å². The van der Waals surface area contributed by atoms with Gasteiger partial charge in [0.1, 0.15) is 18.4 Å². The Morgan fingerprint density at radius 2 is 1.79 bits per heavy atom. The zero-order chi connectivity index (χ0) is 27.2. The molecule has 1 fully saturated rings. The predicted molar refractivity (Wildman–Crippen MR) is 154 cm³/mol. The van der Waals surface area contributed by atoms with Gasteiger partial charge in [-0.05, 0) is 66.7 Å². The van der Waals surface area contributed by atoms with Crippen molar-refractivity contribution < 1.29 is 14.3 Å². The lowest BCUT2D eigenvalue weighted by molar-refractivity contribution is -0.118. The maximum Gasteiger partial charge on any atom is 0.318 e. The second-order valence-corrected chi connectivity index (χ2v) is 11.2. The normalized spacial score (nSPS) is 18.5. The number of thioether (sulfide) groups is 1. The largest absolute Gasteiger partial charge is 0.489 e. The SMILES string of the molecule is CSCCC(NC(=O)N1CC2CC(C1)c1cccc(=O)n1C2)C(=O)Nc1ccc(OCc2ccccc2)cc1. The van der Waals surface area contributed by atoms with Gasteiger partial charge in [-0.2, -0.15) is 11.8 Å². The van der Waals surface area contributed by atoms with Crippen molar-refractivity contribution in [2.24, 2.45) is 5.92 Å². The Bertz CT molecular complexity index is 1350. The van der Waals surface area contributed by atoms with Crippen LogP contribution in [-0.4, -0.2) is 52.5 Å². The van der Waals surface area contributed by atoms with Crippen LogP contribution >= 0.6 is 11.8 Å². The number of nitrogens with zero attached hydrogens (tertiary/aromatic N) is 2. The van der Waals surface area contributed by atoms with E-state index < -0.39 is 6.04 Å². The van der Waals surface area contributed by atoms with Crippen LogP contribution < -0.4 is 20.9 Å². The molecule has 5 rings (SSSR count). The van der Waals surface area contributed by atoms with E-state index in [2.05, 4.69) is 10.6 Å². The van der Waals surface area contributed by atoms with Crippen molar-refractivity contribution in [2.75, 3.05) is 30.4 Å². The standard InChI is InChI=1S/C30H34N4O4S/c1-39-15-14-26(29(36)31-24-10-12-25(13-11-24)38-20-21-6-3-2-4-7-21)32-30(37)33-17-22-16-23(19-33)27-8-5-9-28(35)34(27)18-22/h2-13,22-23,26H,14-20H2,1H3,(H,31,36)(H,32,37). The molecule has 3 aromatic rings. The molecule has 3 atom stereocenters. The lowest BCUT2D eigenvalue weighted by atomic mass is 9.83. The average molecular weight is 547 g/mol. The minimum Gasteiger partial charge on any atom is -0.489 e. The highest BCUT2D eigenvalue weighted by molar-refractivity contribution is 7.98. The van der Waals surface area contributed by atoms with Crippen LogP contribution in [0.25, 0.3) is 0 Å². The molecule has 204 valence electrons. The molecule has 2 N–H and O–H groups in total. The van der Waals surface area contributed by atoms with Gasteiger partial charge < -0.3 is 24.8 Å². The molecular formula is C30H34N4O4S. The highest BCUT2D eigenvalue weighted by atomic mass is 32.2. The van der Waals surface area contributed by atoms with E-state index in [9.17, 15) is 14.4 Å². The number of nitrogens with one attached hydrogen (secondary N) is 2. The minimum atomic E-state index is -0.657. The van der Waals surface area contributed by atoms with Gasteiger partial charge in [0.05, 0.1) is 0 Å². The number of benzene rings is 2. The summed E-state index contributed by atoms with van der Waals surface area (Å²) < 4.78 is 7.68. The second-order valence-electron chi connectivity index (χ2n) is 10.2. The summed E-state index contributed by atoms with van der Waals surface area (Å²) in [7, 11) is 0. The molecular weight excluding hydrogens is 512 g/mol. The van der Waals surface area contributed by atoms with E-state index in [1.807, 2.05) is 59.4 Å². The van der Waals surface area contributed by atoms with Crippen LogP contribution in [0.15, 0.2) is 77.6 Å². The third kappa shape index (κ3) is 6.65. The number of urea groups is 1. The van der Waals surface area contributed by atoms with Crippen LogP contribution in [0, 0.1) is 5.92 Å². The lowest BCUT2D eigenvalue weighted by Gasteiger charge is -2.43. The molecule has 3 heterocycles. The van der Waals surface area contributed by atoms with Gasteiger partial charge in [0.2, 0.25) is 5.91 Å². The maximum absolute atomic E-state index is 13.3. The van der Waals surface area contributed by atoms with Gasteiger partial charge in [0.25, 0.3) is 5.56 Å². The van der Waals surface area contributed by atoms with Crippen molar-refractivity contribution in [1.82, 2.24) is 14.8 Å². The van der Waals surface area contributed by atoms with Crippen LogP contribution in [0.1, 0.15) is 30.0 Å². The monoisotopic (exact) mass is 546 g/mol. The molecule has 9 heteroatoms. The number of pyridine rings is 1. The Morgan fingerprint density at radius 3 is 2.56 bits per heavy atom. The third-order valence-corrected chi connectivity index (χ3v) is 8.01. The molecule has 2 aliphatic rings. The molecule has 2 bridgehead atoms. The van der Waals surface area contributed by atoms with Crippen molar-refractivity contribution in [1.29, 1.82) is 0 Å². The van der Waals surface area contributed by atoms with Crippen molar-refractivity contribution in [3.63, 3.8) is 0 Å². The van der Waals surface area contributed by atoms with Crippen molar-refractivity contribution in [2.45, 2.75) is 38.0 Å². The molecule has 2 aliphatic heterocycles. The topological polar surface area (TPSA) is 92.7 Å². The van der Waals surface area contributed by atoms with E-state index in [1.54, 1.807) is 40.9 Å². The van der Waals surface area contributed by atoms with Crippen molar-refractivity contribution in [3.05, 3.63) is 94.4 Å². The number of carbonyl (C=O) groups is 2. The van der Waals surface area contributed by atoms with Gasteiger partial charge in [0.15, 0.2) is 0 Å². The van der Waals surface area contributed by atoms with Crippen LogP contribution in [0.4, 0.5) is 10.5 Å². The molecule has 8 nitrogen and oxygen atoms in total. The zero-order valence-corrected chi connectivity index (χ0v) is 22.9. The van der Waals surface area contributed by atoms with Gasteiger partial charge >= 0.3 is 6.03 Å². The molecule has 1 aromatic heterocycles. The highest BCUT2D eigenvalue weighted by Gasteiger charge is 2.37. The maximum atomic E-state index is 13.3. The average Bonchev–Trinajstić information content (AvgIpc) is 2.95. The summed E-state index contributed by atoms with van der Waals surface area (Å²) in [5.41, 5.74) is 2.73. The number of piperidine rings is 1. The fourth-order valence-corrected chi connectivity index (χ4v) is 5.88. The van der Waals surface area contributed by atoms with Gasteiger partial charge in [-0.15, -0.1) is 0 Å². The Kier molecular flexibility index (Phi) is 8.56. The quantitative estimate of drug-likeness (QED) is 0.417.